The van der Waals surface area contributed by atoms with Crippen molar-refractivity contribution < 1.29 is 0 Å². The summed E-state index contributed by atoms with van der Waals surface area (Å²) in [6.45, 7) is 2.19. The lowest BCUT2D eigenvalue weighted by Gasteiger charge is -2.20. The Kier molecular flexibility index (Phi) is 2.81. The van der Waals surface area contributed by atoms with Gasteiger partial charge in [-0.3, -0.25) is 0 Å². The number of nitrogens with two attached hydrogens (primary N) is 1. The topological polar surface area (TPSA) is 55.0 Å². The number of hydrogen-bond acceptors (Lipinski definition) is 4. The van der Waals surface area contributed by atoms with Crippen molar-refractivity contribution in [3.05, 3.63) is 12.4 Å². The van der Waals surface area contributed by atoms with Crippen LogP contribution in [-0.2, 0) is 0 Å². The van der Waals surface area contributed by atoms with Gasteiger partial charge < -0.3 is 10.6 Å². The summed E-state index contributed by atoms with van der Waals surface area (Å²) in [5, 5.41) is 0. The molecule has 1 aliphatic heterocycles. The van der Waals surface area contributed by atoms with Crippen LogP contribution in [0.5, 0.6) is 0 Å². The molecule has 0 radical (unpaired) electrons. The second kappa shape index (κ2) is 4.26. The van der Waals surface area contributed by atoms with Crippen LogP contribution in [0, 0.1) is 0 Å². The first-order valence-electron chi connectivity index (χ1n) is 5.19. The first-order chi connectivity index (χ1) is 6.86. The largest absolute Gasteiger partial charge is 0.384 e. The molecule has 1 aliphatic rings. The van der Waals surface area contributed by atoms with Gasteiger partial charge in [-0.1, -0.05) is 12.8 Å². The van der Waals surface area contributed by atoms with E-state index in [9.17, 15) is 0 Å². The van der Waals surface area contributed by atoms with Crippen molar-refractivity contribution >= 4 is 11.6 Å². The fourth-order valence-electron chi connectivity index (χ4n) is 1.83. The van der Waals surface area contributed by atoms with Gasteiger partial charge in [0, 0.05) is 19.2 Å². The highest BCUT2D eigenvalue weighted by atomic mass is 15.2. The van der Waals surface area contributed by atoms with Gasteiger partial charge in [0.2, 0.25) is 0 Å². The predicted molar refractivity (Wildman–Crippen MR) is 57.1 cm³/mol. The maximum atomic E-state index is 5.63. The van der Waals surface area contributed by atoms with E-state index in [4.69, 9.17) is 5.73 Å². The van der Waals surface area contributed by atoms with E-state index in [0.717, 1.165) is 18.9 Å². The molecule has 2 heterocycles. The molecular formula is C10H16N4. The van der Waals surface area contributed by atoms with Gasteiger partial charge in [-0.25, -0.2) is 9.97 Å². The smallest absolute Gasteiger partial charge is 0.134 e. The van der Waals surface area contributed by atoms with E-state index in [1.807, 2.05) is 6.07 Å². The molecule has 2 rings (SSSR count). The lowest BCUT2D eigenvalue weighted by Crippen LogP contribution is -2.25. The van der Waals surface area contributed by atoms with E-state index in [1.165, 1.54) is 32.0 Å². The molecular weight excluding hydrogens is 176 g/mol. The summed E-state index contributed by atoms with van der Waals surface area (Å²) in [6, 6.07) is 1.85. The lowest BCUT2D eigenvalue weighted by atomic mass is 10.2. The normalized spacial score (nSPS) is 17.9. The van der Waals surface area contributed by atoms with Crippen LogP contribution in [0.2, 0.25) is 0 Å². The van der Waals surface area contributed by atoms with Crippen LogP contribution in [0.4, 0.5) is 11.6 Å². The minimum absolute atomic E-state index is 0.555. The second-order valence-electron chi connectivity index (χ2n) is 3.70. The third-order valence-electron chi connectivity index (χ3n) is 2.60. The van der Waals surface area contributed by atoms with Gasteiger partial charge in [-0.2, -0.15) is 0 Å². The van der Waals surface area contributed by atoms with Gasteiger partial charge in [-0.05, 0) is 12.8 Å². The van der Waals surface area contributed by atoms with Crippen molar-refractivity contribution in [3.8, 4) is 0 Å². The maximum Gasteiger partial charge on any atom is 0.134 e. The van der Waals surface area contributed by atoms with Gasteiger partial charge in [0.1, 0.15) is 18.0 Å². The number of nitrogens with zero attached hydrogens (tertiary/aromatic N) is 3. The van der Waals surface area contributed by atoms with Gasteiger partial charge >= 0.3 is 0 Å². The summed E-state index contributed by atoms with van der Waals surface area (Å²) >= 11 is 0. The zero-order chi connectivity index (χ0) is 9.80. The van der Waals surface area contributed by atoms with Gasteiger partial charge in [0.15, 0.2) is 0 Å². The van der Waals surface area contributed by atoms with E-state index in [-0.39, 0.29) is 0 Å². The summed E-state index contributed by atoms with van der Waals surface area (Å²) < 4.78 is 0. The molecule has 1 aromatic rings. The fourth-order valence-corrected chi connectivity index (χ4v) is 1.83. The van der Waals surface area contributed by atoms with Crippen molar-refractivity contribution in [1.82, 2.24) is 9.97 Å². The van der Waals surface area contributed by atoms with Gasteiger partial charge in [-0.15, -0.1) is 0 Å². The van der Waals surface area contributed by atoms with Crippen LogP contribution in [0.15, 0.2) is 12.4 Å². The molecule has 0 spiro atoms. The third kappa shape index (κ3) is 2.13. The van der Waals surface area contributed by atoms with Gasteiger partial charge in [0.05, 0.1) is 0 Å². The number of rotatable bonds is 1. The third-order valence-corrected chi connectivity index (χ3v) is 2.60. The van der Waals surface area contributed by atoms with Crippen molar-refractivity contribution in [1.29, 1.82) is 0 Å². The standard InChI is InChI=1S/C10H16N4/c11-9-7-10(13-8-12-9)14-5-3-1-2-4-6-14/h7-8H,1-6H2,(H2,11,12,13). The van der Waals surface area contributed by atoms with Crippen LogP contribution in [-0.4, -0.2) is 23.1 Å². The Bertz CT molecular complexity index is 292. The number of nitrogen functional groups attached to an aromatic ring is 1. The summed E-state index contributed by atoms with van der Waals surface area (Å²) in [7, 11) is 0. The molecule has 1 aromatic heterocycles. The Balaban J connectivity index is 2.12. The Morgan fingerprint density at radius 3 is 2.43 bits per heavy atom. The molecule has 0 aliphatic carbocycles. The van der Waals surface area contributed by atoms with E-state index in [2.05, 4.69) is 14.9 Å². The maximum absolute atomic E-state index is 5.63. The predicted octanol–water partition coefficient (Wildman–Crippen LogP) is 1.44. The van der Waals surface area contributed by atoms with Crippen LogP contribution in [0.3, 0.4) is 0 Å². The highest BCUT2D eigenvalue weighted by Crippen LogP contribution is 2.17. The molecule has 4 nitrogen and oxygen atoms in total. The van der Waals surface area contributed by atoms with E-state index in [0.29, 0.717) is 5.82 Å². The Morgan fingerprint density at radius 1 is 1.07 bits per heavy atom. The zero-order valence-corrected chi connectivity index (χ0v) is 8.32. The monoisotopic (exact) mass is 192 g/mol. The first kappa shape index (κ1) is 9.24. The van der Waals surface area contributed by atoms with Crippen molar-refractivity contribution in [2.75, 3.05) is 23.7 Å². The van der Waals surface area contributed by atoms with Crippen LogP contribution in [0.1, 0.15) is 25.7 Å². The zero-order valence-electron chi connectivity index (χ0n) is 8.32. The first-order valence-corrected chi connectivity index (χ1v) is 5.19. The van der Waals surface area contributed by atoms with E-state index < -0.39 is 0 Å². The second-order valence-corrected chi connectivity index (χ2v) is 3.70. The average molecular weight is 192 g/mol. The minimum atomic E-state index is 0.555. The number of hydrogen-bond donors (Lipinski definition) is 1. The Morgan fingerprint density at radius 2 is 1.79 bits per heavy atom. The summed E-state index contributed by atoms with van der Waals surface area (Å²) in [6.07, 6.45) is 6.71. The molecule has 4 heteroatoms. The van der Waals surface area contributed by atoms with Gasteiger partial charge in [0.25, 0.3) is 0 Å². The molecule has 0 unspecified atom stereocenters. The molecule has 0 amide bonds. The Labute approximate surface area is 84.2 Å². The molecule has 1 saturated heterocycles. The minimum Gasteiger partial charge on any atom is -0.384 e. The van der Waals surface area contributed by atoms with E-state index >= 15 is 0 Å². The van der Waals surface area contributed by atoms with Crippen molar-refractivity contribution in [3.63, 3.8) is 0 Å². The van der Waals surface area contributed by atoms with Crippen molar-refractivity contribution in [2.24, 2.45) is 0 Å². The summed E-state index contributed by atoms with van der Waals surface area (Å²) in [5.41, 5.74) is 5.63. The van der Waals surface area contributed by atoms with Crippen LogP contribution >= 0.6 is 0 Å². The number of aromatic nitrogens is 2. The molecule has 14 heavy (non-hydrogen) atoms. The average Bonchev–Trinajstić information content (AvgIpc) is 2.45. The highest BCUT2D eigenvalue weighted by molar-refractivity contribution is 5.45. The van der Waals surface area contributed by atoms with Crippen LogP contribution in [0.25, 0.3) is 0 Å². The molecule has 0 aromatic carbocycles. The fraction of sp³-hybridized carbons (Fsp3) is 0.600. The Hall–Kier alpha value is -1.32. The lowest BCUT2D eigenvalue weighted by molar-refractivity contribution is 0.726. The summed E-state index contributed by atoms with van der Waals surface area (Å²) in [5.74, 6) is 1.53. The van der Waals surface area contributed by atoms with E-state index in [1.54, 1.807) is 0 Å². The quantitative estimate of drug-likeness (QED) is 0.731. The summed E-state index contributed by atoms with van der Waals surface area (Å²) in [4.78, 5) is 10.4. The molecule has 2 N–H and O–H groups in total. The SMILES string of the molecule is Nc1cc(N2CCCCCC2)ncn1. The van der Waals surface area contributed by atoms with Crippen LogP contribution < -0.4 is 10.6 Å². The van der Waals surface area contributed by atoms with Crippen molar-refractivity contribution in [2.45, 2.75) is 25.7 Å². The molecule has 0 atom stereocenters. The molecule has 76 valence electrons. The molecule has 0 bridgehead atoms. The number of anilines is 2. The molecule has 0 saturated carbocycles. The molecule has 1 fully saturated rings. The highest BCUT2D eigenvalue weighted by Gasteiger charge is 2.10.